The molecule has 0 unspecified atom stereocenters. The van der Waals surface area contributed by atoms with Crippen LogP contribution in [-0.2, 0) is 26.0 Å². The average Bonchev–Trinajstić information content (AvgIpc) is 2.60. The Hall–Kier alpha value is -2.69. The first kappa shape index (κ1) is 20.6. The molecule has 0 saturated carbocycles. The topological polar surface area (TPSA) is 72.5 Å². The maximum atomic E-state index is 13.7. The molecule has 0 aliphatic rings. The van der Waals surface area contributed by atoms with Crippen LogP contribution in [0.3, 0.4) is 0 Å². The number of carbonyl (C=O) groups is 1. The molecule has 0 aliphatic carbocycles. The first-order valence-electron chi connectivity index (χ1n) is 7.37. The fraction of sp³-hybridized carbons (Fsp3) is 0.188. The van der Waals surface area contributed by atoms with Crippen LogP contribution < -0.4 is 4.72 Å². The van der Waals surface area contributed by atoms with E-state index in [0.29, 0.717) is 5.56 Å². The zero-order valence-corrected chi connectivity index (χ0v) is 14.5. The summed E-state index contributed by atoms with van der Waals surface area (Å²) in [7, 11) is -5.12. The predicted octanol–water partition coefficient (Wildman–Crippen LogP) is 3.29. The van der Waals surface area contributed by atoms with E-state index in [9.17, 15) is 35.2 Å². The summed E-state index contributed by atoms with van der Waals surface area (Å²) in [6.07, 6.45) is -0.0987. The van der Waals surface area contributed by atoms with E-state index in [0.717, 1.165) is 12.1 Å². The Morgan fingerprint density at radius 3 is 1.89 bits per heavy atom. The average molecular weight is 409 g/mol. The molecule has 2 aromatic carbocycles. The molecule has 0 atom stereocenters. The number of esters is 1. The molecule has 0 amide bonds. The van der Waals surface area contributed by atoms with Gasteiger partial charge >= 0.3 is 5.97 Å². The molecule has 11 heteroatoms. The first-order valence-corrected chi connectivity index (χ1v) is 8.85. The van der Waals surface area contributed by atoms with Crippen molar-refractivity contribution >= 4 is 21.7 Å². The van der Waals surface area contributed by atoms with Crippen molar-refractivity contribution in [1.82, 2.24) is 0 Å². The van der Waals surface area contributed by atoms with Gasteiger partial charge in [-0.3, -0.25) is 9.52 Å². The van der Waals surface area contributed by atoms with Crippen LogP contribution in [0.25, 0.3) is 0 Å². The van der Waals surface area contributed by atoms with E-state index in [4.69, 9.17) is 4.74 Å². The van der Waals surface area contributed by atoms with Gasteiger partial charge < -0.3 is 4.74 Å². The van der Waals surface area contributed by atoms with Gasteiger partial charge in [-0.2, -0.15) is 0 Å². The van der Waals surface area contributed by atoms with Crippen LogP contribution in [0.5, 0.6) is 0 Å². The lowest BCUT2D eigenvalue weighted by Gasteiger charge is -2.11. The lowest BCUT2D eigenvalue weighted by Crippen LogP contribution is -2.19. The third-order valence-corrected chi connectivity index (χ3v) is 4.70. The Bertz CT molecular complexity index is 948. The molecule has 0 bridgehead atoms. The summed E-state index contributed by atoms with van der Waals surface area (Å²) >= 11 is 0. The first-order chi connectivity index (χ1) is 12.6. The minimum absolute atomic E-state index is 0.0987. The normalized spacial score (nSPS) is 11.3. The number of carbonyl (C=O) groups excluding carboxylic acids is 1. The zero-order chi connectivity index (χ0) is 20.4. The summed E-state index contributed by atoms with van der Waals surface area (Å²) in [4.78, 5) is 9.37. The van der Waals surface area contributed by atoms with Gasteiger partial charge in [0.05, 0.1) is 13.0 Å². The highest BCUT2D eigenvalue weighted by atomic mass is 32.2. The fourth-order valence-electron chi connectivity index (χ4n) is 2.10. The Morgan fingerprint density at radius 2 is 1.41 bits per heavy atom. The Kier molecular flexibility index (Phi) is 6.04. The molecule has 0 aromatic heterocycles. The molecule has 2 aromatic rings. The van der Waals surface area contributed by atoms with E-state index in [-0.39, 0.29) is 18.7 Å². The SMILES string of the molecule is CCOC(=O)Cc1ccc(NS(=O)(=O)c2c(F)c(F)c(F)c(F)c2F)cc1. The van der Waals surface area contributed by atoms with Crippen molar-refractivity contribution in [2.45, 2.75) is 18.2 Å². The number of nitrogens with one attached hydrogen (secondary N) is 1. The Balaban J connectivity index is 2.31. The van der Waals surface area contributed by atoms with E-state index in [1.54, 1.807) is 11.6 Å². The van der Waals surface area contributed by atoms with Gasteiger partial charge in [0.25, 0.3) is 10.0 Å². The molecule has 0 saturated heterocycles. The smallest absolute Gasteiger partial charge is 0.310 e. The molecule has 5 nitrogen and oxygen atoms in total. The van der Waals surface area contributed by atoms with Gasteiger partial charge in [-0.05, 0) is 24.6 Å². The number of hydrogen-bond donors (Lipinski definition) is 1. The third kappa shape index (κ3) is 4.35. The predicted molar refractivity (Wildman–Crippen MR) is 83.8 cm³/mol. The molecular formula is C16H12F5NO4S. The maximum absolute atomic E-state index is 13.7. The van der Waals surface area contributed by atoms with E-state index in [2.05, 4.69) is 0 Å². The van der Waals surface area contributed by atoms with Gasteiger partial charge in [0.1, 0.15) is 0 Å². The summed E-state index contributed by atoms with van der Waals surface area (Å²) in [6, 6.07) is 4.96. The van der Waals surface area contributed by atoms with Crippen LogP contribution in [0.4, 0.5) is 27.6 Å². The van der Waals surface area contributed by atoms with Crippen LogP contribution in [-0.4, -0.2) is 21.0 Å². The van der Waals surface area contributed by atoms with E-state index < -0.39 is 50.0 Å². The summed E-state index contributed by atoms with van der Waals surface area (Å²) < 4.78 is 97.5. The second-order valence-electron chi connectivity index (χ2n) is 5.18. The van der Waals surface area contributed by atoms with E-state index in [1.807, 2.05) is 0 Å². The van der Waals surface area contributed by atoms with Crippen LogP contribution in [0.2, 0.25) is 0 Å². The number of anilines is 1. The van der Waals surface area contributed by atoms with Crippen molar-refractivity contribution in [3.05, 3.63) is 58.9 Å². The third-order valence-electron chi connectivity index (χ3n) is 3.30. The highest BCUT2D eigenvalue weighted by Crippen LogP contribution is 2.28. The van der Waals surface area contributed by atoms with E-state index in [1.165, 1.54) is 12.1 Å². The molecule has 0 spiro atoms. The Morgan fingerprint density at radius 1 is 0.926 bits per heavy atom. The molecular weight excluding hydrogens is 397 g/mol. The van der Waals surface area contributed by atoms with Gasteiger partial charge in [0.15, 0.2) is 28.2 Å². The molecule has 0 fully saturated rings. The number of halogens is 5. The van der Waals surface area contributed by atoms with E-state index >= 15 is 0 Å². The number of sulfonamides is 1. The van der Waals surface area contributed by atoms with Crippen LogP contribution in [0.15, 0.2) is 29.2 Å². The summed E-state index contributed by atoms with van der Waals surface area (Å²) in [5, 5.41) is 0. The fourth-order valence-corrected chi connectivity index (χ4v) is 3.30. The van der Waals surface area contributed by atoms with Crippen molar-refractivity contribution in [2.75, 3.05) is 11.3 Å². The number of ether oxygens (including phenoxy) is 1. The van der Waals surface area contributed by atoms with Crippen molar-refractivity contribution in [3.63, 3.8) is 0 Å². The molecule has 2 rings (SSSR count). The lowest BCUT2D eigenvalue weighted by molar-refractivity contribution is -0.142. The minimum atomic E-state index is -5.12. The quantitative estimate of drug-likeness (QED) is 0.344. The molecule has 146 valence electrons. The largest absolute Gasteiger partial charge is 0.466 e. The molecule has 0 aliphatic heterocycles. The molecule has 27 heavy (non-hydrogen) atoms. The zero-order valence-electron chi connectivity index (χ0n) is 13.7. The monoisotopic (exact) mass is 409 g/mol. The summed E-state index contributed by atoms with van der Waals surface area (Å²) in [6.45, 7) is 1.80. The summed E-state index contributed by atoms with van der Waals surface area (Å²) in [5.41, 5.74) is 0.235. The number of benzene rings is 2. The highest BCUT2D eigenvalue weighted by Gasteiger charge is 2.33. The van der Waals surface area contributed by atoms with Gasteiger partial charge in [-0.25, -0.2) is 30.4 Å². The molecule has 0 radical (unpaired) electrons. The van der Waals surface area contributed by atoms with Crippen LogP contribution in [0.1, 0.15) is 12.5 Å². The highest BCUT2D eigenvalue weighted by molar-refractivity contribution is 7.92. The minimum Gasteiger partial charge on any atom is -0.466 e. The van der Waals surface area contributed by atoms with Crippen molar-refractivity contribution in [2.24, 2.45) is 0 Å². The van der Waals surface area contributed by atoms with Gasteiger partial charge in [-0.1, -0.05) is 12.1 Å². The molecule has 0 heterocycles. The second kappa shape index (κ2) is 7.91. The summed E-state index contributed by atoms with van der Waals surface area (Å²) in [5.74, 6) is -12.7. The van der Waals surface area contributed by atoms with Gasteiger partial charge in [-0.15, -0.1) is 0 Å². The van der Waals surface area contributed by atoms with Gasteiger partial charge in [0, 0.05) is 5.69 Å². The van der Waals surface area contributed by atoms with Gasteiger partial charge in [0.2, 0.25) is 5.82 Å². The number of hydrogen-bond acceptors (Lipinski definition) is 4. The standard InChI is InChI=1S/C16H12F5NO4S/c1-2-26-10(23)7-8-3-5-9(6-4-8)22-27(24,25)16-14(20)12(18)11(17)13(19)15(16)21/h3-6,22H,2,7H2,1H3. The maximum Gasteiger partial charge on any atom is 0.310 e. The van der Waals surface area contributed by atoms with Crippen LogP contribution in [0, 0.1) is 29.1 Å². The Labute approximate surface area is 150 Å². The molecule has 1 N–H and O–H groups in total. The van der Waals surface area contributed by atoms with Crippen molar-refractivity contribution in [3.8, 4) is 0 Å². The van der Waals surface area contributed by atoms with Crippen molar-refractivity contribution < 1.29 is 39.9 Å². The van der Waals surface area contributed by atoms with Crippen LogP contribution >= 0.6 is 0 Å². The lowest BCUT2D eigenvalue weighted by atomic mass is 10.1. The van der Waals surface area contributed by atoms with Crippen molar-refractivity contribution in [1.29, 1.82) is 0 Å². The number of rotatable bonds is 6. The second-order valence-corrected chi connectivity index (χ2v) is 6.80.